The molecule has 0 radical (unpaired) electrons. The van der Waals surface area contributed by atoms with Crippen molar-refractivity contribution < 1.29 is 9.72 Å². The zero-order valence-electron chi connectivity index (χ0n) is 12.0. The number of halogens is 2. The van der Waals surface area contributed by atoms with Gasteiger partial charge >= 0.3 is 0 Å². The van der Waals surface area contributed by atoms with E-state index in [9.17, 15) is 20.2 Å². The van der Waals surface area contributed by atoms with E-state index in [4.69, 9.17) is 0 Å². The molecule has 24 heavy (non-hydrogen) atoms. The quantitative estimate of drug-likeness (QED) is 0.317. The molecule has 2 aromatic carbocycles. The Hall–Kier alpha value is -2.50. The lowest BCUT2D eigenvalue weighted by Gasteiger charge is -2.06. The fourth-order valence-corrected chi connectivity index (χ4v) is 2.70. The average molecular weight is 451 g/mol. The van der Waals surface area contributed by atoms with Gasteiger partial charge in [0.2, 0.25) is 0 Å². The molecule has 6 nitrogen and oxygen atoms in total. The van der Waals surface area contributed by atoms with Gasteiger partial charge in [0.1, 0.15) is 11.6 Å². The topological polar surface area (TPSA) is 96.0 Å². The van der Waals surface area contributed by atoms with Crippen LogP contribution in [0.3, 0.4) is 0 Å². The normalized spacial score (nSPS) is 10.8. The summed E-state index contributed by atoms with van der Waals surface area (Å²) in [6.45, 7) is 0. The van der Waals surface area contributed by atoms with Gasteiger partial charge in [0.15, 0.2) is 0 Å². The van der Waals surface area contributed by atoms with E-state index in [-0.39, 0.29) is 11.3 Å². The Labute approximate surface area is 154 Å². The predicted molar refractivity (Wildman–Crippen MR) is 97.2 cm³/mol. The first-order valence-corrected chi connectivity index (χ1v) is 8.12. The Bertz CT molecular complexity index is 888. The molecule has 0 fully saturated rings. The first kappa shape index (κ1) is 17.8. The van der Waals surface area contributed by atoms with Crippen LogP contribution in [0.15, 0.2) is 57.0 Å². The highest BCUT2D eigenvalue weighted by Gasteiger charge is 2.14. The van der Waals surface area contributed by atoms with Gasteiger partial charge in [-0.25, -0.2) is 0 Å². The second-order valence-corrected chi connectivity index (χ2v) is 6.37. The number of hydrogen-bond donors (Lipinski definition) is 1. The van der Waals surface area contributed by atoms with E-state index < -0.39 is 10.8 Å². The van der Waals surface area contributed by atoms with E-state index >= 15 is 0 Å². The van der Waals surface area contributed by atoms with Crippen molar-refractivity contribution in [1.82, 2.24) is 0 Å². The zero-order chi connectivity index (χ0) is 17.7. The molecule has 2 rings (SSSR count). The number of nitro groups is 1. The zero-order valence-corrected chi connectivity index (χ0v) is 15.2. The molecule has 0 heterocycles. The van der Waals surface area contributed by atoms with Crippen LogP contribution < -0.4 is 5.32 Å². The first-order chi connectivity index (χ1) is 11.4. The maximum atomic E-state index is 12.2. The molecule has 120 valence electrons. The van der Waals surface area contributed by atoms with Crippen LogP contribution in [0.4, 0.5) is 11.4 Å². The van der Waals surface area contributed by atoms with Crippen LogP contribution in [0, 0.1) is 21.4 Å². The Morgan fingerprint density at radius 3 is 2.58 bits per heavy atom. The first-order valence-electron chi connectivity index (χ1n) is 6.53. The molecule has 8 heteroatoms. The number of rotatable bonds is 4. The highest BCUT2D eigenvalue weighted by Crippen LogP contribution is 2.27. The van der Waals surface area contributed by atoms with Gasteiger partial charge in [-0.15, -0.1) is 0 Å². The lowest BCUT2D eigenvalue weighted by atomic mass is 10.1. The SMILES string of the molecule is N#C/C(=C/c1cccc(Br)c1)C(=O)Nc1ccc([N+](=O)[O-])cc1Br. The summed E-state index contributed by atoms with van der Waals surface area (Å²) in [4.78, 5) is 22.4. The summed E-state index contributed by atoms with van der Waals surface area (Å²) in [5, 5.41) is 22.5. The Kier molecular flexibility index (Phi) is 5.84. The summed E-state index contributed by atoms with van der Waals surface area (Å²) in [5.41, 5.74) is 0.836. The standard InChI is InChI=1S/C16H9Br2N3O3/c17-12-3-1-2-10(7-12)6-11(9-19)16(22)20-15-5-4-13(21(23)24)8-14(15)18/h1-8H,(H,20,22)/b11-6-. The number of hydrogen-bond acceptors (Lipinski definition) is 4. The molecule has 0 bridgehead atoms. The number of carbonyl (C=O) groups excluding carboxylic acids is 1. The smallest absolute Gasteiger partial charge is 0.270 e. The molecular formula is C16H9Br2N3O3. The van der Waals surface area contributed by atoms with Crippen molar-refractivity contribution in [3.8, 4) is 6.07 Å². The molecule has 0 saturated carbocycles. The number of carbonyl (C=O) groups is 1. The highest BCUT2D eigenvalue weighted by molar-refractivity contribution is 9.10. The third kappa shape index (κ3) is 4.50. The number of nitrogens with zero attached hydrogens (tertiary/aromatic N) is 2. The highest BCUT2D eigenvalue weighted by atomic mass is 79.9. The van der Waals surface area contributed by atoms with Crippen LogP contribution in [0.2, 0.25) is 0 Å². The molecule has 1 N–H and O–H groups in total. The number of nitrogens with one attached hydrogen (secondary N) is 1. The number of benzene rings is 2. The molecule has 0 aromatic heterocycles. The number of amides is 1. The number of anilines is 1. The molecule has 0 aliphatic carbocycles. The largest absolute Gasteiger partial charge is 0.320 e. The Morgan fingerprint density at radius 2 is 2.00 bits per heavy atom. The van der Waals surface area contributed by atoms with Gasteiger partial charge in [-0.05, 0) is 45.8 Å². The van der Waals surface area contributed by atoms with Gasteiger partial charge < -0.3 is 5.32 Å². The molecule has 0 unspecified atom stereocenters. The average Bonchev–Trinajstić information content (AvgIpc) is 2.54. The third-order valence-corrected chi connectivity index (χ3v) is 4.09. The summed E-state index contributed by atoms with van der Waals surface area (Å²) in [7, 11) is 0. The number of nitro benzene ring substituents is 1. The summed E-state index contributed by atoms with van der Waals surface area (Å²) >= 11 is 6.48. The maximum absolute atomic E-state index is 12.2. The second kappa shape index (κ2) is 7.86. The fourth-order valence-electron chi connectivity index (χ4n) is 1.82. The minimum atomic E-state index is -0.605. The van der Waals surface area contributed by atoms with Crippen molar-refractivity contribution in [2.75, 3.05) is 5.32 Å². The molecule has 0 aliphatic heterocycles. The molecular weight excluding hydrogens is 442 g/mol. The van der Waals surface area contributed by atoms with Gasteiger partial charge in [-0.3, -0.25) is 14.9 Å². The predicted octanol–water partition coefficient (Wildman–Crippen LogP) is 4.67. The van der Waals surface area contributed by atoms with Crippen LogP contribution in [-0.2, 0) is 4.79 Å². The van der Waals surface area contributed by atoms with Gasteiger partial charge in [0.05, 0.1) is 10.6 Å². The van der Waals surface area contributed by atoms with Crippen LogP contribution in [-0.4, -0.2) is 10.8 Å². The van der Waals surface area contributed by atoms with Crippen molar-refractivity contribution in [2.24, 2.45) is 0 Å². The lowest BCUT2D eigenvalue weighted by Crippen LogP contribution is -2.13. The number of nitriles is 1. The van der Waals surface area contributed by atoms with Gasteiger partial charge in [-0.1, -0.05) is 28.1 Å². The molecule has 0 saturated heterocycles. The van der Waals surface area contributed by atoms with Crippen molar-refractivity contribution in [2.45, 2.75) is 0 Å². The van der Waals surface area contributed by atoms with E-state index in [1.165, 1.54) is 24.3 Å². The van der Waals surface area contributed by atoms with Crippen molar-refractivity contribution >= 4 is 55.2 Å². The van der Waals surface area contributed by atoms with E-state index in [0.717, 1.165) is 4.47 Å². The van der Waals surface area contributed by atoms with Crippen LogP contribution >= 0.6 is 31.9 Å². The summed E-state index contributed by atoms with van der Waals surface area (Å²) < 4.78 is 1.18. The molecule has 0 spiro atoms. The Morgan fingerprint density at radius 1 is 1.25 bits per heavy atom. The Balaban J connectivity index is 2.24. The third-order valence-electron chi connectivity index (χ3n) is 2.94. The fraction of sp³-hybridized carbons (Fsp3) is 0. The minimum absolute atomic E-state index is 0.0849. The summed E-state index contributed by atoms with van der Waals surface area (Å²) in [6.07, 6.45) is 1.46. The second-order valence-electron chi connectivity index (χ2n) is 4.60. The monoisotopic (exact) mass is 449 g/mol. The summed E-state index contributed by atoms with van der Waals surface area (Å²) in [6, 6.07) is 12.9. The molecule has 0 aliphatic rings. The molecule has 2 aromatic rings. The van der Waals surface area contributed by atoms with Crippen LogP contribution in [0.5, 0.6) is 0 Å². The maximum Gasteiger partial charge on any atom is 0.270 e. The van der Waals surface area contributed by atoms with Crippen molar-refractivity contribution in [3.05, 3.63) is 72.7 Å². The van der Waals surface area contributed by atoms with Crippen molar-refractivity contribution in [1.29, 1.82) is 5.26 Å². The van der Waals surface area contributed by atoms with E-state index in [2.05, 4.69) is 37.2 Å². The molecule has 1 amide bonds. The number of non-ortho nitro benzene ring substituents is 1. The van der Waals surface area contributed by atoms with Crippen LogP contribution in [0.1, 0.15) is 5.56 Å². The van der Waals surface area contributed by atoms with E-state index in [1.54, 1.807) is 18.2 Å². The minimum Gasteiger partial charge on any atom is -0.320 e. The summed E-state index contributed by atoms with van der Waals surface area (Å²) in [5.74, 6) is -0.605. The van der Waals surface area contributed by atoms with Crippen molar-refractivity contribution in [3.63, 3.8) is 0 Å². The van der Waals surface area contributed by atoms with Crippen LogP contribution in [0.25, 0.3) is 6.08 Å². The van der Waals surface area contributed by atoms with E-state index in [1.807, 2.05) is 12.1 Å². The lowest BCUT2D eigenvalue weighted by molar-refractivity contribution is -0.384. The van der Waals surface area contributed by atoms with Gasteiger partial charge in [-0.2, -0.15) is 5.26 Å². The van der Waals surface area contributed by atoms with Gasteiger partial charge in [0.25, 0.3) is 11.6 Å². The van der Waals surface area contributed by atoms with Gasteiger partial charge in [0, 0.05) is 21.1 Å². The molecule has 0 atom stereocenters. The van der Waals surface area contributed by atoms with E-state index in [0.29, 0.717) is 15.7 Å².